The van der Waals surface area contributed by atoms with Crippen molar-refractivity contribution >= 4 is 17.4 Å². The van der Waals surface area contributed by atoms with Crippen molar-refractivity contribution < 1.29 is 9.53 Å². The van der Waals surface area contributed by atoms with Gasteiger partial charge >= 0.3 is 0 Å². The average Bonchev–Trinajstić information content (AvgIpc) is 3.03. The van der Waals surface area contributed by atoms with Gasteiger partial charge in [-0.1, -0.05) is 0 Å². The smallest absolute Gasteiger partial charge is 0.182 e. The molecule has 4 unspecified atom stereocenters. The highest BCUT2D eigenvalue weighted by Gasteiger charge is 2.42. The minimum Gasteiger partial charge on any atom is -0.373 e. The third kappa shape index (κ3) is 2.03. The number of ether oxygens (including phenoxy) is 1. The van der Waals surface area contributed by atoms with Crippen molar-refractivity contribution in [3.05, 3.63) is 23.0 Å². The van der Waals surface area contributed by atoms with Crippen molar-refractivity contribution in [3.63, 3.8) is 0 Å². The number of fused-ring (bicyclic) bond motifs is 2. The molecule has 2 bridgehead atoms. The van der Waals surface area contributed by atoms with Gasteiger partial charge in [-0.2, -0.15) is 0 Å². The summed E-state index contributed by atoms with van der Waals surface area (Å²) in [5.41, 5.74) is 2.94. The summed E-state index contributed by atoms with van der Waals surface area (Å²) in [5, 5.41) is -0.467. The molecular formula is C15H20ClNO2. The molecule has 1 aromatic rings. The van der Waals surface area contributed by atoms with Gasteiger partial charge in [-0.15, -0.1) is 11.6 Å². The molecule has 19 heavy (non-hydrogen) atoms. The van der Waals surface area contributed by atoms with E-state index in [-0.39, 0.29) is 5.78 Å². The zero-order valence-electron chi connectivity index (χ0n) is 11.6. The molecule has 0 aliphatic carbocycles. The Morgan fingerprint density at radius 2 is 2.21 bits per heavy atom. The predicted molar refractivity (Wildman–Crippen MR) is 75.1 cm³/mol. The number of hydrogen-bond donors (Lipinski definition) is 0. The average molecular weight is 282 g/mol. The number of ketones is 1. The van der Waals surface area contributed by atoms with Crippen LogP contribution in [0.1, 0.15) is 54.0 Å². The molecule has 2 fully saturated rings. The summed E-state index contributed by atoms with van der Waals surface area (Å²) in [4.78, 5) is 12.1. The Morgan fingerprint density at radius 3 is 2.74 bits per heavy atom. The van der Waals surface area contributed by atoms with Crippen LogP contribution in [0.2, 0.25) is 0 Å². The standard InChI is InChI=1S/C15H20ClNO2/c1-8-6-12(15(18)9(2)16)10(3)17(8)13-7-11-4-5-14(13)19-11/h6,9,11,13-14H,4-5,7H2,1-3H3. The Morgan fingerprint density at radius 1 is 1.47 bits per heavy atom. The van der Waals surface area contributed by atoms with Crippen LogP contribution in [0.15, 0.2) is 6.07 Å². The highest BCUT2D eigenvalue weighted by Crippen LogP contribution is 2.43. The van der Waals surface area contributed by atoms with Gasteiger partial charge in [0.15, 0.2) is 5.78 Å². The van der Waals surface area contributed by atoms with Crippen LogP contribution in [0.4, 0.5) is 0 Å². The number of nitrogens with zero attached hydrogens (tertiary/aromatic N) is 1. The fourth-order valence-electron chi connectivity index (χ4n) is 3.63. The van der Waals surface area contributed by atoms with E-state index >= 15 is 0 Å². The van der Waals surface area contributed by atoms with Crippen molar-refractivity contribution in [1.82, 2.24) is 4.57 Å². The molecule has 3 rings (SSSR count). The first-order valence-electron chi connectivity index (χ1n) is 7.01. The van der Waals surface area contributed by atoms with Gasteiger partial charge in [0.2, 0.25) is 0 Å². The normalized spacial score (nSPS) is 30.8. The molecule has 3 nitrogen and oxygen atoms in total. The van der Waals surface area contributed by atoms with E-state index in [0.717, 1.165) is 29.8 Å². The van der Waals surface area contributed by atoms with E-state index in [9.17, 15) is 4.79 Å². The summed E-state index contributed by atoms with van der Waals surface area (Å²) in [6, 6.07) is 2.37. The van der Waals surface area contributed by atoms with Crippen LogP contribution in [0, 0.1) is 13.8 Å². The Balaban J connectivity index is 1.96. The summed E-state index contributed by atoms with van der Waals surface area (Å²) < 4.78 is 8.22. The number of halogens is 1. The first kappa shape index (κ1) is 13.2. The fraction of sp³-hybridized carbons (Fsp3) is 0.667. The summed E-state index contributed by atoms with van der Waals surface area (Å²) in [6.07, 6.45) is 4.14. The number of aromatic nitrogens is 1. The number of hydrogen-bond acceptors (Lipinski definition) is 2. The SMILES string of the molecule is Cc1cc(C(=O)C(C)Cl)c(C)n1C1CC2CCC1O2. The van der Waals surface area contributed by atoms with E-state index < -0.39 is 5.38 Å². The second-order valence-electron chi connectivity index (χ2n) is 5.81. The second kappa shape index (κ2) is 4.64. The van der Waals surface area contributed by atoms with E-state index in [1.165, 1.54) is 6.42 Å². The minimum absolute atomic E-state index is 0.0186. The van der Waals surface area contributed by atoms with Crippen LogP contribution < -0.4 is 0 Å². The van der Waals surface area contributed by atoms with E-state index in [0.29, 0.717) is 18.2 Å². The van der Waals surface area contributed by atoms with Crippen molar-refractivity contribution in [2.24, 2.45) is 0 Å². The van der Waals surface area contributed by atoms with Gasteiger partial charge in [-0.25, -0.2) is 0 Å². The van der Waals surface area contributed by atoms with Gasteiger partial charge < -0.3 is 9.30 Å². The molecule has 3 heterocycles. The molecule has 0 spiro atoms. The maximum absolute atomic E-state index is 12.1. The van der Waals surface area contributed by atoms with Gasteiger partial charge in [0.05, 0.1) is 23.6 Å². The molecule has 0 amide bonds. The zero-order valence-corrected chi connectivity index (χ0v) is 12.4. The minimum atomic E-state index is -0.467. The van der Waals surface area contributed by atoms with Crippen LogP contribution in [0.5, 0.6) is 0 Å². The number of alkyl halides is 1. The molecule has 2 aliphatic heterocycles. The van der Waals surface area contributed by atoms with Crippen molar-refractivity contribution in [1.29, 1.82) is 0 Å². The maximum atomic E-state index is 12.1. The van der Waals surface area contributed by atoms with Crippen molar-refractivity contribution in [2.45, 2.75) is 63.7 Å². The van der Waals surface area contributed by atoms with Crippen LogP contribution in [0.3, 0.4) is 0 Å². The largest absolute Gasteiger partial charge is 0.373 e. The van der Waals surface area contributed by atoms with Crippen LogP contribution in [0.25, 0.3) is 0 Å². The van der Waals surface area contributed by atoms with Crippen molar-refractivity contribution in [2.75, 3.05) is 0 Å². The lowest BCUT2D eigenvalue weighted by Crippen LogP contribution is -2.23. The number of Topliss-reactive ketones (excluding diaryl/α,β-unsaturated/α-hetero) is 1. The first-order chi connectivity index (χ1) is 8.99. The molecule has 0 N–H and O–H groups in total. The third-order valence-corrected chi connectivity index (χ3v) is 4.71. The maximum Gasteiger partial charge on any atom is 0.182 e. The van der Waals surface area contributed by atoms with Crippen LogP contribution in [-0.4, -0.2) is 27.9 Å². The van der Waals surface area contributed by atoms with E-state index in [4.69, 9.17) is 16.3 Å². The summed E-state index contributed by atoms with van der Waals surface area (Å²) >= 11 is 5.94. The fourth-order valence-corrected chi connectivity index (χ4v) is 3.75. The molecule has 0 radical (unpaired) electrons. The lowest BCUT2D eigenvalue weighted by atomic mass is 9.95. The number of carbonyl (C=O) groups is 1. The zero-order chi connectivity index (χ0) is 13.7. The van der Waals surface area contributed by atoms with Crippen LogP contribution >= 0.6 is 11.6 Å². The van der Waals surface area contributed by atoms with E-state index in [2.05, 4.69) is 11.5 Å². The lowest BCUT2D eigenvalue weighted by Gasteiger charge is -2.24. The topological polar surface area (TPSA) is 31.2 Å². The van der Waals surface area contributed by atoms with Gasteiger partial charge in [0.1, 0.15) is 0 Å². The Labute approximate surface area is 118 Å². The molecule has 104 valence electrons. The van der Waals surface area contributed by atoms with E-state index in [1.54, 1.807) is 6.92 Å². The molecule has 2 saturated heterocycles. The summed E-state index contributed by atoms with van der Waals surface area (Å²) in [6.45, 7) is 5.82. The molecule has 4 heteroatoms. The Kier molecular flexibility index (Phi) is 3.22. The lowest BCUT2D eigenvalue weighted by molar-refractivity contribution is 0.0931. The number of rotatable bonds is 3. The molecule has 0 saturated carbocycles. The van der Waals surface area contributed by atoms with Gasteiger partial charge in [0, 0.05) is 17.0 Å². The molecule has 2 aliphatic rings. The van der Waals surface area contributed by atoms with Crippen LogP contribution in [-0.2, 0) is 4.74 Å². The number of carbonyl (C=O) groups excluding carboxylic acids is 1. The quantitative estimate of drug-likeness (QED) is 0.628. The summed E-state index contributed by atoms with van der Waals surface area (Å²) in [5.74, 6) is 0.0186. The van der Waals surface area contributed by atoms with Gasteiger partial charge in [-0.05, 0) is 46.1 Å². The van der Waals surface area contributed by atoms with E-state index in [1.807, 2.05) is 13.0 Å². The molecular weight excluding hydrogens is 262 g/mol. The van der Waals surface area contributed by atoms with Gasteiger partial charge in [-0.3, -0.25) is 4.79 Å². The monoisotopic (exact) mass is 281 g/mol. The molecule has 4 atom stereocenters. The second-order valence-corrected chi connectivity index (χ2v) is 6.47. The number of aryl methyl sites for hydroxylation is 1. The third-order valence-electron chi connectivity index (χ3n) is 4.52. The Hall–Kier alpha value is -0.800. The van der Waals surface area contributed by atoms with Crippen molar-refractivity contribution in [3.8, 4) is 0 Å². The van der Waals surface area contributed by atoms with Gasteiger partial charge in [0.25, 0.3) is 0 Å². The highest BCUT2D eigenvalue weighted by molar-refractivity contribution is 6.33. The first-order valence-corrected chi connectivity index (χ1v) is 7.45. The highest BCUT2D eigenvalue weighted by atomic mass is 35.5. The summed E-state index contributed by atoms with van der Waals surface area (Å²) in [7, 11) is 0. The Bertz CT molecular complexity index is 520. The molecule has 0 aromatic carbocycles. The predicted octanol–water partition coefficient (Wildman–Crippen LogP) is 3.41. The molecule has 1 aromatic heterocycles.